The summed E-state index contributed by atoms with van der Waals surface area (Å²) in [5.74, 6) is -0.790. The molecule has 0 bridgehead atoms. The van der Waals surface area contributed by atoms with Crippen molar-refractivity contribution in [2.45, 2.75) is 32.4 Å². The van der Waals surface area contributed by atoms with Crippen LogP contribution in [0.25, 0.3) is 0 Å². The first-order valence-corrected chi connectivity index (χ1v) is 6.06. The predicted octanol–water partition coefficient (Wildman–Crippen LogP) is 2.50. The number of benzene rings is 1. The first-order chi connectivity index (χ1) is 7.74. The molecule has 0 fully saturated rings. The van der Waals surface area contributed by atoms with E-state index in [0.717, 1.165) is 0 Å². The molecule has 0 aromatic heterocycles. The molecule has 17 heavy (non-hydrogen) atoms. The van der Waals surface area contributed by atoms with Crippen molar-refractivity contribution >= 4 is 21.8 Å². The molecule has 1 atom stereocenters. The zero-order valence-electron chi connectivity index (χ0n) is 10.1. The first-order valence-electron chi connectivity index (χ1n) is 5.26. The lowest BCUT2D eigenvalue weighted by molar-refractivity contribution is -0.123. The molecule has 1 rings (SSSR count). The highest BCUT2D eigenvalue weighted by molar-refractivity contribution is 9.10. The summed E-state index contributed by atoms with van der Waals surface area (Å²) in [4.78, 5) is 11.2. The molecule has 1 aromatic carbocycles. The second-order valence-corrected chi connectivity index (χ2v) is 5.44. The van der Waals surface area contributed by atoms with Crippen molar-refractivity contribution in [2.75, 3.05) is 0 Å². The maximum atomic E-state index is 13.7. The van der Waals surface area contributed by atoms with Crippen LogP contribution in [0.1, 0.15) is 32.4 Å². The van der Waals surface area contributed by atoms with Crippen LogP contribution in [-0.2, 0) is 4.79 Å². The maximum Gasteiger partial charge on any atom is 0.237 e. The minimum Gasteiger partial charge on any atom is -0.368 e. The Morgan fingerprint density at radius 2 is 2.12 bits per heavy atom. The summed E-state index contributed by atoms with van der Waals surface area (Å²) in [5, 5.41) is 3.00. The quantitative estimate of drug-likeness (QED) is 0.898. The van der Waals surface area contributed by atoms with Gasteiger partial charge in [0.15, 0.2) is 0 Å². The molecule has 0 heterocycles. The van der Waals surface area contributed by atoms with Crippen molar-refractivity contribution in [2.24, 2.45) is 5.73 Å². The van der Waals surface area contributed by atoms with Crippen LogP contribution in [-0.4, -0.2) is 11.4 Å². The van der Waals surface area contributed by atoms with Gasteiger partial charge in [0, 0.05) is 16.1 Å². The van der Waals surface area contributed by atoms with Crippen LogP contribution in [0.3, 0.4) is 0 Å². The van der Waals surface area contributed by atoms with Crippen LogP contribution in [0.5, 0.6) is 0 Å². The summed E-state index contributed by atoms with van der Waals surface area (Å²) < 4.78 is 14.4. The lowest BCUT2D eigenvalue weighted by Gasteiger charge is -2.27. The average molecular weight is 303 g/mol. The number of primary amides is 1. The van der Waals surface area contributed by atoms with Gasteiger partial charge in [0.1, 0.15) is 5.82 Å². The molecule has 3 nitrogen and oxygen atoms in total. The van der Waals surface area contributed by atoms with Crippen molar-refractivity contribution in [1.82, 2.24) is 5.32 Å². The zero-order chi connectivity index (χ0) is 13.2. The molecule has 1 unspecified atom stereocenters. The molecule has 1 aromatic rings. The van der Waals surface area contributed by atoms with E-state index in [9.17, 15) is 9.18 Å². The van der Waals surface area contributed by atoms with Gasteiger partial charge in [-0.1, -0.05) is 22.0 Å². The Morgan fingerprint density at radius 3 is 2.59 bits per heavy atom. The summed E-state index contributed by atoms with van der Waals surface area (Å²) in [5.41, 5.74) is 4.88. The van der Waals surface area contributed by atoms with Crippen LogP contribution in [0.4, 0.5) is 4.39 Å². The summed E-state index contributed by atoms with van der Waals surface area (Å²) in [6, 6.07) is 4.53. The van der Waals surface area contributed by atoms with E-state index in [4.69, 9.17) is 5.73 Å². The van der Waals surface area contributed by atoms with Gasteiger partial charge in [-0.05, 0) is 32.9 Å². The summed E-state index contributed by atoms with van der Waals surface area (Å²) in [7, 11) is 0. The van der Waals surface area contributed by atoms with E-state index in [1.54, 1.807) is 32.9 Å². The van der Waals surface area contributed by atoms with E-state index in [-0.39, 0.29) is 11.9 Å². The van der Waals surface area contributed by atoms with Crippen molar-refractivity contribution in [1.29, 1.82) is 0 Å². The minimum atomic E-state index is -0.876. The Kier molecular flexibility index (Phi) is 4.27. The average Bonchev–Trinajstić information content (AvgIpc) is 2.15. The highest BCUT2D eigenvalue weighted by Gasteiger charge is 2.27. The third kappa shape index (κ3) is 3.51. The van der Waals surface area contributed by atoms with Gasteiger partial charge in [0.25, 0.3) is 0 Å². The van der Waals surface area contributed by atoms with E-state index in [1.165, 1.54) is 6.07 Å². The van der Waals surface area contributed by atoms with Crippen LogP contribution in [0.2, 0.25) is 0 Å². The Hall–Kier alpha value is -0.940. The molecule has 0 aliphatic rings. The normalized spacial score (nSPS) is 13.5. The Bertz CT molecular complexity index is 435. The van der Waals surface area contributed by atoms with E-state index < -0.39 is 11.4 Å². The monoisotopic (exact) mass is 302 g/mol. The Balaban J connectivity index is 2.90. The molecule has 0 aliphatic heterocycles. The number of nitrogens with two attached hydrogens (primary N) is 1. The standard InChI is InChI=1S/C12H16BrFN2O/c1-7(16-12(2,3)11(15)17)9-5-4-8(13)6-10(9)14/h4-7,16H,1-3H3,(H2,15,17). The van der Waals surface area contributed by atoms with Crippen LogP contribution < -0.4 is 11.1 Å². The fraction of sp³-hybridized carbons (Fsp3) is 0.417. The van der Waals surface area contributed by atoms with Crippen molar-refractivity contribution in [3.05, 3.63) is 34.1 Å². The SMILES string of the molecule is CC(NC(C)(C)C(N)=O)c1ccc(Br)cc1F. The largest absolute Gasteiger partial charge is 0.368 e. The molecule has 1 amide bonds. The number of rotatable bonds is 4. The van der Waals surface area contributed by atoms with Gasteiger partial charge >= 0.3 is 0 Å². The van der Waals surface area contributed by atoms with Gasteiger partial charge in [-0.2, -0.15) is 0 Å². The van der Waals surface area contributed by atoms with E-state index in [2.05, 4.69) is 21.2 Å². The van der Waals surface area contributed by atoms with Gasteiger partial charge in [0.2, 0.25) is 5.91 Å². The van der Waals surface area contributed by atoms with Gasteiger partial charge in [0.05, 0.1) is 5.54 Å². The molecule has 0 radical (unpaired) electrons. The predicted molar refractivity (Wildman–Crippen MR) is 68.9 cm³/mol. The number of nitrogens with one attached hydrogen (secondary N) is 1. The number of carbonyl (C=O) groups is 1. The molecular weight excluding hydrogens is 287 g/mol. The molecule has 94 valence electrons. The van der Waals surface area contributed by atoms with Gasteiger partial charge in [-0.15, -0.1) is 0 Å². The van der Waals surface area contributed by atoms with Gasteiger partial charge in [-0.25, -0.2) is 4.39 Å². The van der Waals surface area contributed by atoms with Crippen LogP contribution in [0, 0.1) is 5.82 Å². The third-order valence-electron chi connectivity index (χ3n) is 2.62. The highest BCUT2D eigenvalue weighted by atomic mass is 79.9. The fourth-order valence-electron chi connectivity index (χ4n) is 1.54. The molecular formula is C12H16BrFN2O. The molecule has 0 aliphatic carbocycles. The molecule has 5 heteroatoms. The Labute approximate surface area is 109 Å². The highest BCUT2D eigenvalue weighted by Crippen LogP contribution is 2.22. The van der Waals surface area contributed by atoms with Crippen molar-refractivity contribution in [3.8, 4) is 0 Å². The zero-order valence-corrected chi connectivity index (χ0v) is 11.6. The van der Waals surface area contributed by atoms with Crippen molar-refractivity contribution < 1.29 is 9.18 Å². The number of hydrogen-bond acceptors (Lipinski definition) is 2. The number of halogens is 2. The van der Waals surface area contributed by atoms with Crippen LogP contribution >= 0.6 is 15.9 Å². The molecule has 0 spiro atoms. The maximum absolute atomic E-state index is 13.7. The Morgan fingerprint density at radius 1 is 1.53 bits per heavy atom. The summed E-state index contributed by atoms with van der Waals surface area (Å²) >= 11 is 3.20. The molecule has 0 saturated carbocycles. The van der Waals surface area contributed by atoms with Gasteiger partial charge < -0.3 is 5.73 Å². The second-order valence-electron chi connectivity index (χ2n) is 4.52. The van der Waals surface area contributed by atoms with Crippen molar-refractivity contribution in [3.63, 3.8) is 0 Å². The minimum absolute atomic E-state index is 0.300. The second kappa shape index (κ2) is 5.14. The molecule has 3 N–H and O–H groups in total. The smallest absolute Gasteiger partial charge is 0.237 e. The summed E-state index contributed by atoms with van der Waals surface area (Å²) in [6.07, 6.45) is 0. The fourth-order valence-corrected chi connectivity index (χ4v) is 1.88. The lowest BCUT2D eigenvalue weighted by atomic mass is 10.00. The van der Waals surface area contributed by atoms with E-state index >= 15 is 0 Å². The first kappa shape index (κ1) is 14.1. The number of carbonyl (C=O) groups excluding carboxylic acids is 1. The third-order valence-corrected chi connectivity index (χ3v) is 3.12. The van der Waals surface area contributed by atoms with Gasteiger partial charge in [-0.3, -0.25) is 10.1 Å². The summed E-state index contributed by atoms with van der Waals surface area (Å²) in [6.45, 7) is 5.13. The molecule has 0 saturated heterocycles. The number of amides is 1. The van der Waals surface area contributed by atoms with Crippen LogP contribution in [0.15, 0.2) is 22.7 Å². The number of hydrogen-bond donors (Lipinski definition) is 2. The lowest BCUT2D eigenvalue weighted by Crippen LogP contribution is -2.51. The van der Waals surface area contributed by atoms with E-state index in [0.29, 0.717) is 10.0 Å². The van der Waals surface area contributed by atoms with E-state index in [1.807, 2.05) is 0 Å². The topological polar surface area (TPSA) is 55.1 Å².